The van der Waals surface area contributed by atoms with Gasteiger partial charge in [0.05, 0.1) is 16.4 Å². The lowest BCUT2D eigenvalue weighted by atomic mass is 10.1. The van der Waals surface area contributed by atoms with E-state index in [0.717, 1.165) is 28.6 Å². The van der Waals surface area contributed by atoms with Crippen molar-refractivity contribution in [3.05, 3.63) is 55.0 Å². The quantitative estimate of drug-likeness (QED) is 0.0936. The van der Waals surface area contributed by atoms with Gasteiger partial charge in [0.25, 0.3) is 0 Å². The van der Waals surface area contributed by atoms with E-state index in [-0.39, 0.29) is 19.2 Å². The number of hydrogen-bond donors (Lipinski definition) is 0. The number of nitrogens with zero attached hydrogens (tertiary/aromatic N) is 6. The Morgan fingerprint density at radius 3 is 2.20 bits per heavy atom. The van der Waals surface area contributed by atoms with Crippen molar-refractivity contribution >= 4 is 38.2 Å². The fourth-order valence-corrected chi connectivity index (χ4v) is 6.20. The molecule has 0 spiro atoms. The molecule has 0 aliphatic carbocycles. The van der Waals surface area contributed by atoms with Crippen molar-refractivity contribution in [2.24, 2.45) is 0 Å². The van der Waals surface area contributed by atoms with Crippen LogP contribution in [0, 0.1) is 0 Å². The van der Waals surface area contributed by atoms with Gasteiger partial charge < -0.3 is 14.2 Å². The largest absolute Gasteiger partial charge is 0.573 e. The number of aromatic nitrogens is 6. The number of imidazole rings is 1. The SMILES string of the molecule is C[Si](C)(C)CCOCn1nc(-c2nc3cc(OC(F)(F)F)ccc3n2COCC[Si](C)(C)C)c2cc(-c3cccnc3)cnc21. The van der Waals surface area contributed by atoms with Gasteiger partial charge in [-0.1, -0.05) is 45.3 Å². The Hall–Kier alpha value is -3.60. The number of pyridine rings is 2. The van der Waals surface area contributed by atoms with Crippen LogP contribution in [0.1, 0.15) is 0 Å². The molecule has 5 rings (SSSR count). The molecule has 4 aromatic heterocycles. The van der Waals surface area contributed by atoms with E-state index in [2.05, 4.69) is 49.0 Å². The molecule has 0 saturated heterocycles. The molecule has 0 radical (unpaired) electrons. The number of benzene rings is 1. The first-order valence-electron chi connectivity index (χ1n) is 14.9. The summed E-state index contributed by atoms with van der Waals surface area (Å²) < 4.78 is 59.0. The number of fused-ring (bicyclic) bond motifs is 2. The molecule has 9 nitrogen and oxygen atoms in total. The van der Waals surface area contributed by atoms with Crippen LogP contribution in [-0.2, 0) is 22.9 Å². The molecule has 0 atom stereocenters. The summed E-state index contributed by atoms with van der Waals surface area (Å²) in [5.74, 6) is 0.0933. The van der Waals surface area contributed by atoms with Crippen LogP contribution < -0.4 is 4.74 Å². The van der Waals surface area contributed by atoms with Crippen molar-refractivity contribution in [1.82, 2.24) is 29.3 Å². The maximum absolute atomic E-state index is 13.0. The topological polar surface area (TPSA) is 89.1 Å². The molecule has 14 heteroatoms. The van der Waals surface area contributed by atoms with Crippen molar-refractivity contribution < 1.29 is 27.4 Å². The molecule has 0 unspecified atom stereocenters. The smallest absolute Gasteiger partial charge is 0.406 e. The third kappa shape index (κ3) is 8.57. The normalized spacial score (nSPS) is 12.8. The highest BCUT2D eigenvalue weighted by Gasteiger charge is 2.31. The Morgan fingerprint density at radius 2 is 1.56 bits per heavy atom. The highest BCUT2D eigenvalue weighted by atomic mass is 28.3. The molecule has 0 saturated carbocycles. The molecule has 5 aromatic rings. The summed E-state index contributed by atoms with van der Waals surface area (Å²) in [6.07, 6.45) is 0.415. The predicted octanol–water partition coefficient (Wildman–Crippen LogP) is 8.03. The van der Waals surface area contributed by atoms with Gasteiger partial charge in [0.2, 0.25) is 0 Å². The minimum absolute atomic E-state index is 0.145. The Bertz CT molecular complexity index is 1760. The van der Waals surface area contributed by atoms with Crippen molar-refractivity contribution in [2.45, 2.75) is 71.2 Å². The zero-order valence-corrected chi connectivity index (χ0v) is 28.5. The molecule has 45 heavy (non-hydrogen) atoms. The molecule has 0 aliphatic rings. The van der Waals surface area contributed by atoms with Gasteiger partial charge in [-0.2, -0.15) is 5.10 Å². The standard InChI is InChI=1S/C31H39F3N6O3Si2/c1-44(2,3)14-12-41-20-39-27-10-9-24(43-31(32,33)34)17-26(27)37-30(39)28-25-16-23(22-8-7-11-35-18-22)19-36-29(25)40(38-28)21-42-13-15-45(4,5)6/h7-11,16-19H,12-15,20-21H2,1-6H3. The Balaban J connectivity index is 1.61. The average molecular weight is 657 g/mol. The lowest BCUT2D eigenvalue weighted by Gasteiger charge is -2.16. The first kappa shape index (κ1) is 32.8. The highest BCUT2D eigenvalue weighted by molar-refractivity contribution is 6.76. The van der Waals surface area contributed by atoms with E-state index in [1.807, 2.05) is 22.8 Å². The molecule has 0 N–H and O–H groups in total. The van der Waals surface area contributed by atoms with Gasteiger partial charge in [0, 0.05) is 65.1 Å². The summed E-state index contributed by atoms with van der Waals surface area (Å²) in [5, 5.41) is 5.63. The van der Waals surface area contributed by atoms with Crippen molar-refractivity contribution in [2.75, 3.05) is 13.2 Å². The fraction of sp³-hybridized carbons (Fsp3) is 0.419. The van der Waals surface area contributed by atoms with Gasteiger partial charge in [-0.15, -0.1) is 13.2 Å². The van der Waals surface area contributed by atoms with Gasteiger partial charge >= 0.3 is 6.36 Å². The lowest BCUT2D eigenvalue weighted by molar-refractivity contribution is -0.274. The Kier molecular flexibility index (Phi) is 9.49. The van der Waals surface area contributed by atoms with Crippen molar-refractivity contribution in [3.8, 4) is 28.4 Å². The summed E-state index contributed by atoms with van der Waals surface area (Å²) in [7, 11) is -2.65. The molecular formula is C31H39F3N6O3Si2. The zero-order valence-electron chi connectivity index (χ0n) is 26.5. The van der Waals surface area contributed by atoms with E-state index < -0.39 is 22.5 Å². The van der Waals surface area contributed by atoms with Crippen LogP contribution in [0.3, 0.4) is 0 Å². The molecular weight excluding hydrogens is 618 g/mol. The molecule has 240 valence electrons. The molecule has 0 bridgehead atoms. The van der Waals surface area contributed by atoms with Gasteiger partial charge in [-0.25, -0.2) is 14.6 Å². The molecule has 0 amide bonds. The summed E-state index contributed by atoms with van der Waals surface area (Å²) in [6, 6.07) is 11.9. The van der Waals surface area contributed by atoms with Crippen LogP contribution in [0.25, 0.3) is 44.7 Å². The summed E-state index contributed by atoms with van der Waals surface area (Å²) in [4.78, 5) is 13.8. The highest BCUT2D eigenvalue weighted by Crippen LogP contribution is 2.34. The van der Waals surface area contributed by atoms with Gasteiger partial charge in [0.1, 0.15) is 24.9 Å². The third-order valence-electron chi connectivity index (χ3n) is 7.17. The van der Waals surface area contributed by atoms with Crippen LogP contribution in [0.5, 0.6) is 5.75 Å². The second-order valence-electron chi connectivity index (χ2n) is 13.4. The minimum atomic E-state index is -4.82. The first-order chi connectivity index (χ1) is 21.2. The second-order valence-corrected chi connectivity index (χ2v) is 24.7. The van der Waals surface area contributed by atoms with Crippen molar-refractivity contribution in [3.63, 3.8) is 0 Å². The number of halogens is 3. The van der Waals surface area contributed by atoms with E-state index in [4.69, 9.17) is 24.5 Å². The van der Waals surface area contributed by atoms with Gasteiger partial charge in [-0.3, -0.25) is 9.55 Å². The van der Waals surface area contributed by atoms with Crippen LogP contribution in [-0.4, -0.2) is 65.0 Å². The number of rotatable bonds is 13. The van der Waals surface area contributed by atoms with Crippen molar-refractivity contribution in [1.29, 1.82) is 0 Å². The molecule has 0 aliphatic heterocycles. The second kappa shape index (κ2) is 13.0. The third-order valence-corrected chi connectivity index (χ3v) is 10.6. The first-order valence-corrected chi connectivity index (χ1v) is 22.3. The fourth-order valence-electron chi connectivity index (χ4n) is 4.69. The van der Waals surface area contributed by atoms with E-state index in [0.29, 0.717) is 41.4 Å². The summed E-state index contributed by atoms with van der Waals surface area (Å²) in [5.41, 5.74) is 3.76. The van der Waals surface area contributed by atoms with Crippen LogP contribution >= 0.6 is 0 Å². The summed E-state index contributed by atoms with van der Waals surface area (Å²) in [6.45, 7) is 15.2. The average Bonchev–Trinajstić information content (AvgIpc) is 3.49. The van der Waals surface area contributed by atoms with Crippen LogP contribution in [0.2, 0.25) is 51.4 Å². The van der Waals surface area contributed by atoms with E-state index >= 15 is 0 Å². The number of hydrogen-bond acceptors (Lipinski definition) is 7. The van der Waals surface area contributed by atoms with Gasteiger partial charge in [-0.05, 0) is 36.4 Å². The lowest BCUT2D eigenvalue weighted by Crippen LogP contribution is -2.22. The Labute approximate surface area is 262 Å². The number of alkyl halides is 3. The van der Waals surface area contributed by atoms with E-state index in [9.17, 15) is 13.2 Å². The molecule has 0 fully saturated rings. The minimum Gasteiger partial charge on any atom is -0.406 e. The van der Waals surface area contributed by atoms with Crippen LogP contribution in [0.15, 0.2) is 55.0 Å². The number of ether oxygens (including phenoxy) is 3. The maximum atomic E-state index is 13.0. The van der Waals surface area contributed by atoms with Gasteiger partial charge in [0.15, 0.2) is 11.5 Å². The molecule has 4 heterocycles. The molecule has 1 aromatic carbocycles. The van der Waals surface area contributed by atoms with E-state index in [1.54, 1.807) is 29.3 Å². The predicted molar refractivity (Wildman–Crippen MR) is 174 cm³/mol. The summed E-state index contributed by atoms with van der Waals surface area (Å²) >= 11 is 0. The van der Waals surface area contributed by atoms with Crippen LogP contribution in [0.4, 0.5) is 13.2 Å². The Morgan fingerprint density at radius 1 is 0.844 bits per heavy atom. The monoisotopic (exact) mass is 656 g/mol. The zero-order chi connectivity index (χ0) is 32.4. The maximum Gasteiger partial charge on any atom is 0.573 e. The van der Waals surface area contributed by atoms with E-state index in [1.165, 1.54) is 12.1 Å².